The van der Waals surface area contributed by atoms with E-state index in [0.29, 0.717) is 30.7 Å². The molecule has 0 aromatic carbocycles. The molecule has 0 saturated carbocycles. The highest BCUT2D eigenvalue weighted by Gasteiger charge is 2.34. The third-order valence-corrected chi connectivity index (χ3v) is 4.82. The molecule has 4 unspecified atom stereocenters. The zero-order valence-corrected chi connectivity index (χ0v) is 13.4. The minimum absolute atomic E-state index is 0.0919. The van der Waals surface area contributed by atoms with Gasteiger partial charge in [0.25, 0.3) is 0 Å². The van der Waals surface area contributed by atoms with Gasteiger partial charge in [-0.05, 0) is 43.6 Å². The maximum Gasteiger partial charge on any atom is 0.320 e. The number of nitrogens with zero attached hydrogens (tertiary/aromatic N) is 2. The summed E-state index contributed by atoms with van der Waals surface area (Å²) in [6.45, 7) is 9.03. The Balaban J connectivity index is 1.96. The van der Waals surface area contributed by atoms with Gasteiger partial charge in [0, 0.05) is 13.1 Å². The van der Waals surface area contributed by atoms with E-state index < -0.39 is 12.0 Å². The van der Waals surface area contributed by atoms with Crippen molar-refractivity contribution in [3.05, 3.63) is 0 Å². The molecule has 5 nitrogen and oxygen atoms in total. The summed E-state index contributed by atoms with van der Waals surface area (Å²) in [7, 11) is 0. The molecule has 2 fully saturated rings. The second-order valence-electron chi connectivity index (χ2n) is 7.20. The van der Waals surface area contributed by atoms with Crippen molar-refractivity contribution < 1.29 is 14.7 Å². The fourth-order valence-corrected chi connectivity index (χ4v) is 3.78. The summed E-state index contributed by atoms with van der Waals surface area (Å²) in [5.41, 5.74) is 0. The summed E-state index contributed by atoms with van der Waals surface area (Å²) in [6.07, 6.45) is 2.79. The van der Waals surface area contributed by atoms with Crippen LogP contribution in [-0.4, -0.2) is 59.0 Å². The van der Waals surface area contributed by atoms with Crippen molar-refractivity contribution in [2.75, 3.05) is 26.2 Å². The van der Waals surface area contributed by atoms with Gasteiger partial charge in [-0.2, -0.15) is 0 Å². The molecule has 0 aromatic heterocycles. The van der Waals surface area contributed by atoms with E-state index in [2.05, 4.69) is 20.8 Å². The first-order valence-electron chi connectivity index (χ1n) is 8.11. The number of carboxylic acid groups (broad SMARTS) is 1. The molecule has 0 aliphatic carbocycles. The number of carbonyl (C=O) groups is 2. The predicted octanol–water partition coefficient (Wildman–Crippen LogP) is 1.68. The number of piperidine rings is 2. The number of carboxylic acids is 1. The lowest BCUT2D eigenvalue weighted by molar-refractivity contribution is -0.147. The standard InChI is InChI=1S/C16H28N2O3/c1-11-4-5-17(14(7-11)16(20)21)10-15(19)18-8-12(2)6-13(3)9-18/h11-14H,4-10H2,1-3H3,(H,20,21). The van der Waals surface area contributed by atoms with Gasteiger partial charge in [-0.3, -0.25) is 14.5 Å². The van der Waals surface area contributed by atoms with Crippen LogP contribution in [0, 0.1) is 17.8 Å². The van der Waals surface area contributed by atoms with Crippen molar-refractivity contribution >= 4 is 11.9 Å². The molecule has 2 aliphatic heterocycles. The molecule has 1 N–H and O–H groups in total. The second kappa shape index (κ2) is 6.77. The Kier molecular flexibility index (Phi) is 5.25. The van der Waals surface area contributed by atoms with E-state index >= 15 is 0 Å². The molecule has 0 radical (unpaired) electrons. The van der Waals surface area contributed by atoms with E-state index in [9.17, 15) is 14.7 Å². The van der Waals surface area contributed by atoms with Crippen LogP contribution in [0.1, 0.15) is 40.0 Å². The molecular formula is C16H28N2O3. The molecule has 1 amide bonds. The van der Waals surface area contributed by atoms with Gasteiger partial charge >= 0.3 is 5.97 Å². The Morgan fingerprint density at radius 2 is 1.67 bits per heavy atom. The van der Waals surface area contributed by atoms with E-state index in [1.807, 2.05) is 9.80 Å². The number of hydrogen-bond acceptors (Lipinski definition) is 3. The summed E-state index contributed by atoms with van der Waals surface area (Å²) < 4.78 is 0. The largest absolute Gasteiger partial charge is 0.480 e. The van der Waals surface area contributed by atoms with E-state index in [4.69, 9.17) is 0 Å². The molecule has 2 rings (SSSR count). The molecular weight excluding hydrogens is 268 g/mol. The van der Waals surface area contributed by atoms with Gasteiger partial charge in [-0.1, -0.05) is 20.8 Å². The molecule has 2 heterocycles. The Morgan fingerprint density at radius 1 is 1.05 bits per heavy atom. The molecule has 5 heteroatoms. The fraction of sp³-hybridized carbons (Fsp3) is 0.875. The number of amides is 1. The Bertz CT molecular complexity index is 389. The first kappa shape index (κ1) is 16.3. The van der Waals surface area contributed by atoms with Crippen LogP contribution in [0.3, 0.4) is 0 Å². The van der Waals surface area contributed by atoms with Crippen molar-refractivity contribution in [1.82, 2.24) is 9.80 Å². The molecule has 2 saturated heterocycles. The van der Waals surface area contributed by atoms with Gasteiger partial charge in [0.05, 0.1) is 6.54 Å². The van der Waals surface area contributed by atoms with Crippen LogP contribution in [0.25, 0.3) is 0 Å². The molecule has 0 aromatic rings. The van der Waals surface area contributed by atoms with Crippen molar-refractivity contribution in [2.24, 2.45) is 17.8 Å². The SMILES string of the molecule is CC1CCN(CC(=O)N2CC(C)CC(C)C2)C(C(=O)O)C1. The van der Waals surface area contributed by atoms with Gasteiger partial charge in [-0.25, -0.2) is 0 Å². The summed E-state index contributed by atoms with van der Waals surface area (Å²) in [5.74, 6) is 0.792. The van der Waals surface area contributed by atoms with E-state index in [1.54, 1.807) is 0 Å². The average molecular weight is 296 g/mol. The highest BCUT2D eigenvalue weighted by molar-refractivity contribution is 5.80. The number of rotatable bonds is 3. The number of hydrogen-bond donors (Lipinski definition) is 1. The molecule has 4 atom stereocenters. The van der Waals surface area contributed by atoms with Crippen molar-refractivity contribution in [3.63, 3.8) is 0 Å². The highest BCUT2D eigenvalue weighted by Crippen LogP contribution is 2.24. The van der Waals surface area contributed by atoms with Crippen LogP contribution >= 0.6 is 0 Å². The zero-order chi connectivity index (χ0) is 15.6. The van der Waals surface area contributed by atoms with Gasteiger partial charge in [0.2, 0.25) is 5.91 Å². The van der Waals surface area contributed by atoms with Crippen LogP contribution in [0.15, 0.2) is 0 Å². The Morgan fingerprint density at radius 3 is 2.24 bits per heavy atom. The topological polar surface area (TPSA) is 60.9 Å². The maximum atomic E-state index is 12.5. The molecule has 0 spiro atoms. The van der Waals surface area contributed by atoms with E-state index in [0.717, 1.165) is 19.5 Å². The molecule has 0 bridgehead atoms. The lowest BCUT2D eigenvalue weighted by Crippen LogP contribution is -2.53. The summed E-state index contributed by atoms with van der Waals surface area (Å²) in [6, 6.07) is -0.502. The number of carbonyl (C=O) groups excluding carboxylic acids is 1. The monoisotopic (exact) mass is 296 g/mol. The summed E-state index contributed by atoms with van der Waals surface area (Å²) >= 11 is 0. The van der Waals surface area contributed by atoms with Gasteiger partial charge in [0.1, 0.15) is 6.04 Å². The molecule has 120 valence electrons. The summed E-state index contributed by atoms with van der Waals surface area (Å²) in [4.78, 5) is 27.7. The van der Waals surface area contributed by atoms with Gasteiger partial charge in [0.15, 0.2) is 0 Å². The van der Waals surface area contributed by atoms with Crippen LogP contribution in [-0.2, 0) is 9.59 Å². The van der Waals surface area contributed by atoms with Crippen LogP contribution in [0.5, 0.6) is 0 Å². The second-order valence-corrected chi connectivity index (χ2v) is 7.20. The molecule has 21 heavy (non-hydrogen) atoms. The van der Waals surface area contributed by atoms with Crippen LogP contribution < -0.4 is 0 Å². The van der Waals surface area contributed by atoms with Crippen LogP contribution in [0.2, 0.25) is 0 Å². The average Bonchev–Trinajstić information content (AvgIpc) is 2.39. The quantitative estimate of drug-likeness (QED) is 0.860. The first-order valence-corrected chi connectivity index (χ1v) is 8.11. The molecule has 2 aliphatic rings. The lowest BCUT2D eigenvalue weighted by Gasteiger charge is -2.39. The van der Waals surface area contributed by atoms with Crippen molar-refractivity contribution in [2.45, 2.75) is 46.1 Å². The minimum atomic E-state index is -0.797. The Labute approximate surface area is 127 Å². The number of aliphatic carboxylic acids is 1. The lowest BCUT2D eigenvalue weighted by atomic mass is 9.91. The minimum Gasteiger partial charge on any atom is -0.480 e. The van der Waals surface area contributed by atoms with Gasteiger partial charge < -0.3 is 10.0 Å². The Hall–Kier alpha value is -1.10. The third kappa shape index (κ3) is 4.19. The first-order chi connectivity index (χ1) is 9.86. The van der Waals surface area contributed by atoms with E-state index in [1.165, 1.54) is 6.42 Å². The van der Waals surface area contributed by atoms with Crippen molar-refractivity contribution in [3.8, 4) is 0 Å². The normalized spacial score (nSPS) is 34.7. The highest BCUT2D eigenvalue weighted by atomic mass is 16.4. The smallest absolute Gasteiger partial charge is 0.320 e. The number of likely N-dealkylation sites (tertiary alicyclic amines) is 2. The maximum absolute atomic E-state index is 12.5. The van der Waals surface area contributed by atoms with Gasteiger partial charge in [-0.15, -0.1) is 0 Å². The predicted molar refractivity (Wildman–Crippen MR) is 80.9 cm³/mol. The van der Waals surface area contributed by atoms with E-state index in [-0.39, 0.29) is 12.5 Å². The van der Waals surface area contributed by atoms with Crippen molar-refractivity contribution in [1.29, 1.82) is 0 Å². The fourth-order valence-electron chi connectivity index (χ4n) is 3.78. The summed E-state index contributed by atoms with van der Waals surface area (Å²) in [5, 5.41) is 9.37. The zero-order valence-electron chi connectivity index (χ0n) is 13.4. The third-order valence-electron chi connectivity index (χ3n) is 4.82. The van der Waals surface area contributed by atoms with Crippen LogP contribution in [0.4, 0.5) is 0 Å².